The van der Waals surface area contributed by atoms with Crippen LogP contribution in [0.2, 0.25) is 0 Å². The highest BCUT2D eigenvalue weighted by molar-refractivity contribution is 5.39. The molecular weight excluding hydrogens is 222 g/mol. The van der Waals surface area contributed by atoms with E-state index in [1.807, 2.05) is 0 Å². The quantitative estimate of drug-likeness (QED) is 0.838. The molecular formula is C15H25N3. The molecule has 1 aromatic rings. The minimum atomic E-state index is 0.499. The van der Waals surface area contributed by atoms with Gasteiger partial charge in [0.1, 0.15) is 5.82 Å². The molecule has 1 aliphatic carbocycles. The molecule has 1 saturated carbocycles. The normalized spacial score (nSPS) is 16.9. The molecule has 0 aromatic carbocycles. The summed E-state index contributed by atoms with van der Waals surface area (Å²) in [6, 6.07) is 7.41. The van der Waals surface area contributed by atoms with Gasteiger partial charge in [-0.2, -0.15) is 0 Å². The first-order valence-electron chi connectivity index (χ1n) is 7.00. The molecule has 1 aliphatic rings. The number of nitrogens with zero attached hydrogens (tertiary/aromatic N) is 2. The highest BCUT2D eigenvalue weighted by Gasteiger charge is 2.30. The van der Waals surface area contributed by atoms with Crippen LogP contribution in [-0.2, 0) is 6.54 Å². The van der Waals surface area contributed by atoms with Gasteiger partial charge >= 0.3 is 0 Å². The van der Waals surface area contributed by atoms with Crippen molar-refractivity contribution in [3.63, 3.8) is 0 Å². The summed E-state index contributed by atoms with van der Waals surface area (Å²) in [7, 11) is 2.16. The summed E-state index contributed by atoms with van der Waals surface area (Å²) in [5.74, 6) is 1.96. The summed E-state index contributed by atoms with van der Waals surface area (Å²) in [5, 5.41) is 3.41. The van der Waals surface area contributed by atoms with Gasteiger partial charge in [0, 0.05) is 25.7 Å². The third-order valence-corrected chi connectivity index (χ3v) is 3.76. The van der Waals surface area contributed by atoms with Crippen LogP contribution >= 0.6 is 0 Å². The second-order valence-electron chi connectivity index (χ2n) is 5.71. The summed E-state index contributed by atoms with van der Waals surface area (Å²) < 4.78 is 0. The Morgan fingerprint density at radius 2 is 2.06 bits per heavy atom. The molecule has 1 N–H and O–H groups in total. The number of nitrogens with one attached hydrogen (secondary N) is 1. The van der Waals surface area contributed by atoms with E-state index in [4.69, 9.17) is 4.98 Å². The standard InChI is InChI=1S/C15H25N3/c1-11(2)16-10-14-6-5-7-15(17-14)18(4)12(3)13-8-9-13/h5-7,11-13,16H,8-10H2,1-4H3. The average molecular weight is 247 g/mol. The van der Waals surface area contributed by atoms with Gasteiger partial charge in [-0.15, -0.1) is 0 Å². The van der Waals surface area contributed by atoms with Crippen LogP contribution in [0.1, 0.15) is 39.3 Å². The Morgan fingerprint density at radius 3 is 2.67 bits per heavy atom. The van der Waals surface area contributed by atoms with Crippen LogP contribution in [0, 0.1) is 5.92 Å². The van der Waals surface area contributed by atoms with Gasteiger partial charge < -0.3 is 10.2 Å². The molecule has 18 heavy (non-hydrogen) atoms. The van der Waals surface area contributed by atoms with E-state index in [-0.39, 0.29) is 0 Å². The van der Waals surface area contributed by atoms with E-state index in [1.54, 1.807) is 0 Å². The Balaban J connectivity index is 2.01. The zero-order valence-electron chi connectivity index (χ0n) is 12.0. The predicted molar refractivity (Wildman–Crippen MR) is 76.8 cm³/mol. The fourth-order valence-electron chi connectivity index (χ4n) is 2.17. The van der Waals surface area contributed by atoms with Crippen molar-refractivity contribution < 1.29 is 0 Å². The molecule has 0 radical (unpaired) electrons. The first-order chi connectivity index (χ1) is 8.58. The number of pyridine rings is 1. The summed E-state index contributed by atoms with van der Waals surface area (Å²) in [4.78, 5) is 7.06. The van der Waals surface area contributed by atoms with Crippen LogP contribution in [0.4, 0.5) is 5.82 Å². The average Bonchev–Trinajstić information content (AvgIpc) is 3.19. The molecule has 0 bridgehead atoms. The SMILES string of the molecule is CC(C)NCc1cccc(N(C)C(C)C2CC2)n1. The Kier molecular flexibility index (Phi) is 4.23. The van der Waals surface area contributed by atoms with Gasteiger partial charge in [-0.05, 0) is 37.8 Å². The largest absolute Gasteiger partial charge is 0.357 e. The van der Waals surface area contributed by atoms with Gasteiger partial charge in [0.05, 0.1) is 5.69 Å². The van der Waals surface area contributed by atoms with Gasteiger partial charge in [-0.25, -0.2) is 4.98 Å². The lowest BCUT2D eigenvalue weighted by atomic mass is 10.2. The molecule has 0 amide bonds. The molecule has 3 heteroatoms. The van der Waals surface area contributed by atoms with E-state index >= 15 is 0 Å². The first kappa shape index (κ1) is 13.3. The fraction of sp³-hybridized carbons (Fsp3) is 0.667. The number of rotatable bonds is 6. The minimum Gasteiger partial charge on any atom is -0.357 e. The van der Waals surface area contributed by atoms with Crippen molar-refractivity contribution in [2.75, 3.05) is 11.9 Å². The smallest absolute Gasteiger partial charge is 0.128 e. The molecule has 1 heterocycles. The molecule has 0 saturated heterocycles. The van der Waals surface area contributed by atoms with E-state index in [9.17, 15) is 0 Å². The lowest BCUT2D eigenvalue weighted by Gasteiger charge is -2.26. The van der Waals surface area contributed by atoms with E-state index in [0.717, 1.165) is 24.0 Å². The summed E-state index contributed by atoms with van der Waals surface area (Å²) in [5.41, 5.74) is 1.12. The fourth-order valence-corrected chi connectivity index (χ4v) is 2.17. The third kappa shape index (κ3) is 3.45. The van der Waals surface area contributed by atoms with Gasteiger partial charge in [0.2, 0.25) is 0 Å². The van der Waals surface area contributed by atoms with Crippen molar-refractivity contribution in [1.82, 2.24) is 10.3 Å². The maximum Gasteiger partial charge on any atom is 0.128 e. The van der Waals surface area contributed by atoms with E-state index < -0.39 is 0 Å². The van der Waals surface area contributed by atoms with Crippen molar-refractivity contribution >= 4 is 5.82 Å². The van der Waals surface area contributed by atoms with Gasteiger partial charge in [-0.1, -0.05) is 19.9 Å². The number of anilines is 1. The van der Waals surface area contributed by atoms with Crippen LogP contribution in [0.5, 0.6) is 0 Å². The minimum absolute atomic E-state index is 0.499. The topological polar surface area (TPSA) is 28.2 Å². The number of aromatic nitrogens is 1. The Morgan fingerprint density at radius 1 is 1.33 bits per heavy atom. The van der Waals surface area contributed by atoms with Crippen molar-refractivity contribution in [2.45, 2.75) is 52.2 Å². The lowest BCUT2D eigenvalue weighted by Crippen LogP contribution is -2.31. The molecule has 0 aliphatic heterocycles. The molecule has 3 nitrogen and oxygen atoms in total. The number of hydrogen-bond donors (Lipinski definition) is 1. The first-order valence-corrected chi connectivity index (χ1v) is 7.00. The highest BCUT2D eigenvalue weighted by Crippen LogP contribution is 2.35. The summed E-state index contributed by atoms with van der Waals surface area (Å²) >= 11 is 0. The zero-order valence-corrected chi connectivity index (χ0v) is 12.0. The molecule has 1 aromatic heterocycles. The summed E-state index contributed by atoms with van der Waals surface area (Å²) in [6.45, 7) is 7.46. The molecule has 2 rings (SSSR count). The van der Waals surface area contributed by atoms with Crippen molar-refractivity contribution in [3.8, 4) is 0 Å². The van der Waals surface area contributed by atoms with Crippen molar-refractivity contribution in [1.29, 1.82) is 0 Å². The Hall–Kier alpha value is -1.09. The Bertz CT molecular complexity index is 385. The van der Waals surface area contributed by atoms with Crippen molar-refractivity contribution in [3.05, 3.63) is 23.9 Å². The molecule has 0 spiro atoms. The van der Waals surface area contributed by atoms with Gasteiger partial charge in [-0.3, -0.25) is 0 Å². The molecule has 1 atom stereocenters. The van der Waals surface area contributed by atoms with E-state index in [1.165, 1.54) is 12.8 Å². The van der Waals surface area contributed by atoms with E-state index in [2.05, 4.69) is 56.2 Å². The van der Waals surface area contributed by atoms with Crippen LogP contribution in [0.15, 0.2) is 18.2 Å². The second-order valence-corrected chi connectivity index (χ2v) is 5.71. The molecule has 1 unspecified atom stereocenters. The molecule has 100 valence electrons. The Labute approximate surface area is 111 Å². The second kappa shape index (κ2) is 5.70. The highest BCUT2D eigenvalue weighted by atomic mass is 15.2. The van der Waals surface area contributed by atoms with Crippen LogP contribution < -0.4 is 10.2 Å². The molecule has 1 fully saturated rings. The predicted octanol–water partition coefficient (Wildman–Crippen LogP) is 2.81. The van der Waals surface area contributed by atoms with Crippen molar-refractivity contribution in [2.24, 2.45) is 5.92 Å². The third-order valence-electron chi connectivity index (χ3n) is 3.76. The number of hydrogen-bond acceptors (Lipinski definition) is 3. The summed E-state index contributed by atoms with van der Waals surface area (Å²) in [6.07, 6.45) is 2.75. The van der Waals surface area contributed by atoms with Crippen LogP contribution in [0.3, 0.4) is 0 Å². The van der Waals surface area contributed by atoms with Crippen LogP contribution in [-0.4, -0.2) is 24.1 Å². The maximum atomic E-state index is 4.74. The zero-order chi connectivity index (χ0) is 13.1. The van der Waals surface area contributed by atoms with Crippen LogP contribution in [0.25, 0.3) is 0 Å². The lowest BCUT2D eigenvalue weighted by molar-refractivity contribution is 0.576. The van der Waals surface area contributed by atoms with E-state index in [0.29, 0.717) is 12.1 Å². The van der Waals surface area contributed by atoms with Gasteiger partial charge in [0.15, 0.2) is 0 Å². The maximum absolute atomic E-state index is 4.74. The van der Waals surface area contributed by atoms with Gasteiger partial charge in [0.25, 0.3) is 0 Å². The monoisotopic (exact) mass is 247 g/mol.